The number of amides is 1. The first-order chi connectivity index (χ1) is 6.24. The minimum absolute atomic E-state index is 0.202. The van der Waals surface area contributed by atoms with Gasteiger partial charge in [-0.25, -0.2) is 0 Å². The summed E-state index contributed by atoms with van der Waals surface area (Å²) < 4.78 is 0. The molecule has 0 saturated carbocycles. The lowest BCUT2D eigenvalue weighted by atomic mass is 9.99. The second-order valence-electron chi connectivity index (χ2n) is 3.77. The maximum atomic E-state index is 11.2. The molecule has 0 unspecified atom stereocenters. The van der Waals surface area contributed by atoms with E-state index in [4.69, 9.17) is 0 Å². The molecule has 3 nitrogen and oxygen atoms in total. The molecule has 0 aromatic carbocycles. The Bertz CT molecular complexity index is 164. The SMILES string of the molecule is CCN(C[C@H]1CCCNC1)C(C)=O. The molecule has 0 aliphatic carbocycles. The summed E-state index contributed by atoms with van der Waals surface area (Å²) in [4.78, 5) is 13.1. The molecule has 76 valence electrons. The van der Waals surface area contributed by atoms with Crippen LogP contribution >= 0.6 is 0 Å². The summed E-state index contributed by atoms with van der Waals surface area (Å²) in [5.41, 5.74) is 0. The largest absolute Gasteiger partial charge is 0.343 e. The zero-order valence-corrected chi connectivity index (χ0v) is 8.68. The fourth-order valence-corrected chi connectivity index (χ4v) is 1.87. The van der Waals surface area contributed by atoms with Gasteiger partial charge in [0.1, 0.15) is 0 Å². The summed E-state index contributed by atoms with van der Waals surface area (Å²) in [6, 6.07) is 0. The second-order valence-corrected chi connectivity index (χ2v) is 3.77. The molecule has 1 fully saturated rings. The van der Waals surface area contributed by atoms with Crippen LogP contribution in [0.3, 0.4) is 0 Å². The number of piperidine rings is 1. The van der Waals surface area contributed by atoms with Crippen molar-refractivity contribution in [3.8, 4) is 0 Å². The Balaban J connectivity index is 2.31. The molecule has 0 aromatic heterocycles. The summed E-state index contributed by atoms with van der Waals surface area (Å²) in [6.07, 6.45) is 2.51. The van der Waals surface area contributed by atoms with Gasteiger partial charge in [-0.1, -0.05) is 0 Å². The van der Waals surface area contributed by atoms with Gasteiger partial charge in [0, 0.05) is 20.0 Å². The van der Waals surface area contributed by atoms with Crippen molar-refractivity contribution in [1.82, 2.24) is 10.2 Å². The third-order valence-electron chi connectivity index (χ3n) is 2.70. The lowest BCUT2D eigenvalue weighted by molar-refractivity contribution is -0.129. The lowest BCUT2D eigenvalue weighted by Gasteiger charge is -2.28. The molecular formula is C10H20N2O. The van der Waals surface area contributed by atoms with Gasteiger partial charge in [0.25, 0.3) is 0 Å². The zero-order valence-electron chi connectivity index (χ0n) is 8.68. The van der Waals surface area contributed by atoms with Gasteiger partial charge < -0.3 is 10.2 Å². The van der Waals surface area contributed by atoms with E-state index < -0.39 is 0 Å². The number of carbonyl (C=O) groups excluding carboxylic acids is 1. The van der Waals surface area contributed by atoms with Gasteiger partial charge in [0.2, 0.25) is 5.91 Å². The molecule has 1 aliphatic rings. The van der Waals surface area contributed by atoms with Crippen molar-refractivity contribution < 1.29 is 4.79 Å². The van der Waals surface area contributed by atoms with Gasteiger partial charge in [0.05, 0.1) is 0 Å². The Kier molecular flexibility index (Phi) is 4.22. The van der Waals surface area contributed by atoms with Crippen molar-refractivity contribution in [1.29, 1.82) is 0 Å². The molecule has 0 aromatic rings. The fourth-order valence-electron chi connectivity index (χ4n) is 1.87. The van der Waals surface area contributed by atoms with E-state index in [9.17, 15) is 4.79 Å². The maximum Gasteiger partial charge on any atom is 0.219 e. The van der Waals surface area contributed by atoms with Crippen molar-refractivity contribution in [2.45, 2.75) is 26.7 Å². The van der Waals surface area contributed by atoms with Gasteiger partial charge in [-0.05, 0) is 38.8 Å². The number of nitrogens with zero attached hydrogens (tertiary/aromatic N) is 1. The van der Waals surface area contributed by atoms with E-state index in [0.29, 0.717) is 5.92 Å². The molecule has 1 aliphatic heterocycles. The average Bonchev–Trinajstić information content (AvgIpc) is 2.15. The normalized spacial score (nSPS) is 22.8. The Hall–Kier alpha value is -0.570. The van der Waals surface area contributed by atoms with Crippen LogP contribution in [-0.2, 0) is 4.79 Å². The molecular weight excluding hydrogens is 164 g/mol. The van der Waals surface area contributed by atoms with Crippen LogP contribution in [-0.4, -0.2) is 37.0 Å². The lowest BCUT2D eigenvalue weighted by Crippen LogP contribution is -2.40. The Morgan fingerprint density at radius 2 is 2.38 bits per heavy atom. The highest BCUT2D eigenvalue weighted by Gasteiger charge is 2.17. The van der Waals surface area contributed by atoms with Crippen LogP contribution in [0.5, 0.6) is 0 Å². The van der Waals surface area contributed by atoms with Crippen LogP contribution in [0.25, 0.3) is 0 Å². The highest BCUT2D eigenvalue weighted by Crippen LogP contribution is 2.11. The summed E-state index contributed by atoms with van der Waals surface area (Å²) >= 11 is 0. The molecule has 3 heteroatoms. The first-order valence-electron chi connectivity index (χ1n) is 5.20. The van der Waals surface area contributed by atoms with Crippen LogP contribution in [0.1, 0.15) is 26.7 Å². The quantitative estimate of drug-likeness (QED) is 0.705. The predicted octanol–water partition coefficient (Wildman–Crippen LogP) is 0.854. The standard InChI is InChI=1S/C10H20N2O/c1-3-12(9(2)13)8-10-5-4-6-11-7-10/h10-11H,3-8H2,1-2H3/t10-/m0/s1. The van der Waals surface area contributed by atoms with Crippen molar-refractivity contribution in [3.05, 3.63) is 0 Å². The van der Waals surface area contributed by atoms with Crippen LogP contribution in [0.15, 0.2) is 0 Å². The Morgan fingerprint density at radius 3 is 2.85 bits per heavy atom. The van der Waals surface area contributed by atoms with Crippen molar-refractivity contribution in [3.63, 3.8) is 0 Å². The molecule has 1 heterocycles. The number of hydrogen-bond donors (Lipinski definition) is 1. The first kappa shape index (κ1) is 10.5. The molecule has 0 radical (unpaired) electrons. The number of nitrogens with one attached hydrogen (secondary N) is 1. The van der Waals surface area contributed by atoms with Crippen LogP contribution in [0.4, 0.5) is 0 Å². The van der Waals surface area contributed by atoms with Crippen LogP contribution in [0, 0.1) is 5.92 Å². The highest BCUT2D eigenvalue weighted by molar-refractivity contribution is 5.73. The molecule has 1 saturated heterocycles. The molecule has 13 heavy (non-hydrogen) atoms. The third-order valence-corrected chi connectivity index (χ3v) is 2.70. The second kappa shape index (κ2) is 5.22. The first-order valence-corrected chi connectivity index (χ1v) is 5.20. The van der Waals surface area contributed by atoms with Crippen molar-refractivity contribution >= 4 is 5.91 Å². The monoisotopic (exact) mass is 184 g/mol. The minimum Gasteiger partial charge on any atom is -0.343 e. The zero-order chi connectivity index (χ0) is 9.68. The van der Waals surface area contributed by atoms with Gasteiger partial charge >= 0.3 is 0 Å². The average molecular weight is 184 g/mol. The smallest absolute Gasteiger partial charge is 0.219 e. The molecule has 1 amide bonds. The number of rotatable bonds is 3. The predicted molar refractivity (Wildman–Crippen MR) is 53.5 cm³/mol. The van der Waals surface area contributed by atoms with Gasteiger partial charge in [-0.2, -0.15) is 0 Å². The van der Waals surface area contributed by atoms with E-state index in [1.165, 1.54) is 12.8 Å². The number of hydrogen-bond acceptors (Lipinski definition) is 2. The molecule has 0 spiro atoms. The van der Waals surface area contributed by atoms with Gasteiger partial charge in [-0.15, -0.1) is 0 Å². The topological polar surface area (TPSA) is 32.3 Å². The summed E-state index contributed by atoms with van der Waals surface area (Å²) in [6.45, 7) is 7.68. The van der Waals surface area contributed by atoms with E-state index >= 15 is 0 Å². The van der Waals surface area contributed by atoms with E-state index in [-0.39, 0.29) is 5.91 Å². The third kappa shape index (κ3) is 3.35. The van der Waals surface area contributed by atoms with Gasteiger partial charge in [-0.3, -0.25) is 4.79 Å². The van der Waals surface area contributed by atoms with E-state index in [1.54, 1.807) is 6.92 Å². The summed E-state index contributed by atoms with van der Waals surface area (Å²) in [7, 11) is 0. The highest BCUT2D eigenvalue weighted by atomic mass is 16.2. The van der Waals surface area contributed by atoms with Crippen LogP contribution < -0.4 is 5.32 Å². The Morgan fingerprint density at radius 1 is 1.62 bits per heavy atom. The van der Waals surface area contributed by atoms with E-state index in [2.05, 4.69) is 5.32 Å². The Labute approximate surface area is 80.5 Å². The molecule has 1 N–H and O–H groups in total. The van der Waals surface area contributed by atoms with Crippen molar-refractivity contribution in [2.24, 2.45) is 5.92 Å². The molecule has 0 bridgehead atoms. The number of carbonyl (C=O) groups is 1. The minimum atomic E-state index is 0.202. The molecule has 1 rings (SSSR count). The maximum absolute atomic E-state index is 11.2. The van der Waals surface area contributed by atoms with Crippen molar-refractivity contribution in [2.75, 3.05) is 26.2 Å². The van der Waals surface area contributed by atoms with Crippen LogP contribution in [0.2, 0.25) is 0 Å². The van der Waals surface area contributed by atoms with Gasteiger partial charge in [0.15, 0.2) is 0 Å². The van der Waals surface area contributed by atoms with E-state index in [1.807, 2.05) is 11.8 Å². The van der Waals surface area contributed by atoms with E-state index in [0.717, 1.165) is 26.2 Å². The summed E-state index contributed by atoms with van der Waals surface area (Å²) in [5, 5.41) is 3.37. The summed E-state index contributed by atoms with van der Waals surface area (Å²) in [5.74, 6) is 0.866. The fraction of sp³-hybridized carbons (Fsp3) is 0.900. The molecule has 1 atom stereocenters.